The number of aromatic nitrogens is 2. The van der Waals surface area contributed by atoms with Crippen LogP contribution >= 0.6 is 0 Å². The van der Waals surface area contributed by atoms with Crippen molar-refractivity contribution in [1.82, 2.24) is 15.1 Å². The molecule has 1 aromatic rings. The molecule has 1 fully saturated rings. The van der Waals surface area contributed by atoms with Crippen LogP contribution in [0, 0.1) is 0 Å². The third kappa shape index (κ3) is 1.88. The summed E-state index contributed by atoms with van der Waals surface area (Å²) in [7, 11) is 1.85. The van der Waals surface area contributed by atoms with Crippen molar-refractivity contribution in [3.63, 3.8) is 0 Å². The molecular weight excluding hydrogens is 169 g/mol. The first-order valence-corrected chi connectivity index (χ1v) is 4.55. The molecule has 1 aromatic heterocycles. The summed E-state index contributed by atoms with van der Waals surface area (Å²) in [4.78, 5) is 0. The van der Waals surface area contributed by atoms with E-state index in [9.17, 15) is 4.39 Å². The second-order valence-corrected chi connectivity index (χ2v) is 3.78. The Bertz CT molecular complexity index is 289. The van der Waals surface area contributed by atoms with Gasteiger partial charge in [0.2, 0.25) is 0 Å². The third-order valence-electron chi connectivity index (χ3n) is 2.47. The highest BCUT2D eigenvalue weighted by Crippen LogP contribution is 2.24. The van der Waals surface area contributed by atoms with Crippen molar-refractivity contribution in [3.05, 3.63) is 18.0 Å². The molecule has 1 aliphatic rings. The second kappa shape index (κ2) is 3.10. The Labute approximate surface area is 76.9 Å². The van der Waals surface area contributed by atoms with E-state index in [0.29, 0.717) is 19.4 Å². The molecule has 1 unspecified atom stereocenters. The highest BCUT2D eigenvalue weighted by atomic mass is 19.1. The number of alkyl halides is 1. The minimum absolute atomic E-state index is 0.474. The quantitative estimate of drug-likeness (QED) is 0.730. The zero-order valence-corrected chi connectivity index (χ0v) is 7.76. The van der Waals surface area contributed by atoms with Gasteiger partial charge in [-0.25, -0.2) is 4.39 Å². The van der Waals surface area contributed by atoms with Gasteiger partial charge in [-0.15, -0.1) is 0 Å². The molecule has 0 spiro atoms. The molecule has 0 bridgehead atoms. The topological polar surface area (TPSA) is 29.9 Å². The predicted molar refractivity (Wildman–Crippen MR) is 48.2 cm³/mol. The number of aryl methyl sites for hydroxylation is 1. The summed E-state index contributed by atoms with van der Waals surface area (Å²) < 4.78 is 15.6. The zero-order valence-electron chi connectivity index (χ0n) is 7.76. The van der Waals surface area contributed by atoms with Gasteiger partial charge in [0.25, 0.3) is 0 Å². The minimum Gasteiger partial charge on any atom is -0.313 e. The number of hydrogen-bond donors (Lipinski definition) is 1. The molecule has 1 saturated heterocycles. The van der Waals surface area contributed by atoms with Crippen molar-refractivity contribution in [3.8, 4) is 0 Å². The van der Waals surface area contributed by atoms with Gasteiger partial charge in [0.05, 0.1) is 6.20 Å². The predicted octanol–water partition coefficient (Wildman–Crippen LogP) is 0.664. The van der Waals surface area contributed by atoms with Gasteiger partial charge in [0.1, 0.15) is 5.67 Å². The van der Waals surface area contributed by atoms with Crippen molar-refractivity contribution in [2.75, 3.05) is 13.1 Å². The van der Waals surface area contributed by atoms with Crippen LogP contribution < -0.4 is 5.32 Å². The first kappa shape index (κ1) is 8.69. The number of hydrogen-bond acceptors (Lipinski definition) is 2. The van der Waals surface area contributed by atoms with Gasteiger partial charge in [-0.3, -0.25) is 4.68 Å². The lowest BCUT2D eigenvalue weighted by molar-refractivity contribution is 0.190. The lowest BCUT2D eigenvalue weighted by Crippen LogP contribution is -2.28. The monoisotopic (exact) mass is 183 g/mol. The molecule has 0 amide bonds. The smallest absolute Gasteiger partial charge is 0.128 e. The number of rotatable bonds is 2. The highest BCUT2D eigenvalue weighted by Gasteiger charge is 2.33. The Hall–Kier alpha value is -0.900. The third-order valence-corrected chi connectivity index (χ3v) is 2.47. The van der Waals surface area contributed by atoms with Gasteiger partial charge < -0.3 is 5.32 Å². The van der Waals surface area contributed by atoms with Gasteiger partial charge in [-0.2, -0.15) is 5.10 Å². The van der Waals surface area contributed by atoms with Gasteiger partial charge >= 0.3 is 0 Å². The average Bonchev–Trinajstić information content (AvgIpc) is 2.62. The number of halogens is 1. The summed E-state index contributed by atoms with van der Waals surface area (Å²) in [5.74, 6) is 0. The van der Waals surface area contributed by atoms with Crippen LogP contribution in [0.4, 0.5) is 4.39 Å². The Morgan fingerprint density at radius 3 is 3.15 bits per heavy atom. The van der Waals surface area contributed by atoms with E-state index in [0.717, 1.165) is 12.1 Å². The molecule has 1 N–H and O–H groups in total. The van der Waals surface area contributed by atoms with E-state index in [4.69, 9.17) is 0 Å². The fourth-order valence-electron chi connectivity index (χ4n) is 1.79. The van der Waals surface area contributed by atoms with Crippen molar-refractivity contribution in [2.45, 2.75) is 18.5 Å². The lowest BCUT2D eigenvalue weighted by Gasteiger charge is -2.16. The van der Waals surface area contributed by atoms with Crippen molar-refractivity contribution in [2.24, 2.45) is 7.05 Å². The summed E-state index contributed by atoms with van der Waals surface area (Å²) >= 11 is 0. The van der Waals surface area contributed by atoms with Gasteiger partial charge in [0, 0.05) is 26.2 Å². The van der Waals surface area contributed by atoms with Crippen LogP contribution in [0.5, 0.6) is 0 Å². The normalized spacial score (nSPS) is 28.2. The molecule has 1 atom stereocenters. The molecule has 0 aliphatic carbocycles. The number of nitrogens with one attached hydrogen (secondary N) is 1. The van der Waals surface area contributed by atoms with Crippen molar-refractivity contribution >= 4 is 0 Å². The van der Waals surface area contributed by atoms with E-state index >= 15 is 0 Å². The molecule has 0 saturated carbocycles. The van der Waals surface area contributed by atoms with Crippen molar-refractivity contribution in [1.29, 1.82) is 0 Å². The van der Waals surface area contributed by atoms with E-state index in [1.807, 2.05) is 13.2 Å². The number of nitrogens with zero attached hydrogens (tertiary/aromatic N) is 2. The maximum atomic E-state index is 13.9. The van der Waals surface area contributed by atoms with Crippen LogP contribution in [-0.2, 0) is 13.5 Å². The summed E-state index contributed by atoms with van der Waals surface area (Å²) in [6.07, 6.45) is 4.70. The van der Waals surface area contributed by atoms with Crippen LogP contribution in [-0.4, -0.2) is 28.5 Å². The molecule has 1 aliphatic heterocycles. The summed E-state index contributed by atoms with van der Waals surface area (Å²) in [6, 6.07) is 0. The fourth-order valence-corrected chi connectivity index (χ4v) is 1.79. The molecule has 2 rings (SSSR count). The standard InChI is InChI=1S/C9H14FN3/c1-13-6-8(5-12-13)4-9(10)2-3-11-7-9/h5-6,11H,2-4,7H2,1H3. The first-order chi connectivity index (χ1) is 6.18. The molecule has 0 radical (unpaired) electrons. The van der Waals surface area contributed by atoms with E-state index in [1.54, 1.807) is 10.9 Å². The lowest BCUT2D eigenvalue weighted by atomic mass is 9.98. The summed E-state index contributed by atoms with van der Waals surface area (Å²) in [6.45, 7) is 1.26. The fraction of sp³-hybridized carbons (Fsp3) is 0.667. The summed E-state index contributed by atoms with van der Waals surface area (Å²) in [5, 5.41) is 7.06. The zero-order chi connectivity index (χ0) is 9.31. The molecule has 2 heterocycles. The molecule has 72 valence electrons. The van der Waals surface area contributed by atoms with Crippen LogP contribution in [0.1, 0.15) is 12.0 Å². The van der Waals surface area contributed by atoms with Gasteiger partial charge in [-0.1, -0.05) is 0 Å². The van der Waals surface area contributed by atoms with Crippen LogP contribution in [0.2, 0.25) is 0 Å². The van der Waals surface area contributed by atoms with E-state index < -0.39 is 5.67 Å². The highest BCUT2D eigenvalue weighted by molar-refractivity contribution is 5.10. The first-order valence-electron chi connectivity index (χ1n) is 4.55. The van der Waals surface area contributed by atoms with Crippen LogP contribution in [0.3, 0.4) is 0 Å². The Morgan fingerprint density at radius 2 is 2.62 bits per heavy atom. The molecule has 13 heavy (non-hydrogen) atoms. The maximum absolute atomic E-state index is 13.9. The van der Waals surface area contributed by atoms with Crippen LogP contribution in [0.25, 0.3) is 0 Å². The van der Waals surface area contributed by atoms with Crippen LogP contribution in [0.15, 0.2) is 12.4 Å². The Balaban J connectivity index is 2.04. The summed E-state index contributed by atoms with van der Waals surface area (Å²) in [5.41, 5.74) is -0.0723. The van der Waals surface area contributed by atoms with E-state index in [1.165, 1.54) is 0 Å². The molecule has 0 aromatic carbocycles. The Morgan fingerprint density at radius 1 is 1.77 bits per heavy atom. The largest absolute Gasteiger partial charge is 0.313 e. The molecular formula is C9H14FN3. The SMILES string of the molecule is Cn1cc(CC2(F)CCNC2)cn1. The molecule has 3 nitrogen and oxygen atoms in total. The minimum atomic E-state index is -1.05. The van der Waals surface area contributed by atoms with Gasteiger partial charge in [-0.05, 0) is 18.5 Å². The van der Waals surface area contributed by atoms with Crippen molar-refractivity contribution < 1.29 is 4.39 Å². The Kier molecular flexibility index (Phi) is 2.07. The maximum Gasteiger partial charge on any atom is 0.128 e. The second-order valence-electron chi connectivity index (χ2n) is 3.78. The molecule has 4 heteroatoms. The van der Waals surface area contributed by atoms with E-state index in [2.05, 4.69) is 10.4 Å². The van der Waals surface area contributed by atoms with E-state index in [-0.39, 0.29) is 0 Å². The average molecular weight is 183 g/mol. The van der Waals surface area contributed by atoms with Gasteiger partial charge in [0.15, 0.2) is 0 Å².